The molecule has 4 heteroatoms. The van der Waals surface area contributed by atoms with Crippen LogP contribution in [-0.4, -0.2) is 15.0 Å². The summed E-state index contributed by atoms with van der Waals surface area (Å²) in [5.41, 5.74) is 5.16. The highest BCUT2D eigenvalue weighted by atomic mass is 32.3. The molecule has 0 aliphatic carbocycles. The number of hydrogen-bond acceptors (Lipinski definition) is 3. The van der Waals surface area contributed by atoms with Gasteiger partial charge in [-0.25, -0.2) is 15.0 Å². The van der Waals surface area contributed by atoms with Gasteiger partial charge in [0.2, 0.25) is 0 Å². The third-order valence-corrected chi connectivity index (χ3v) is 12.6. The standard InChI is InChI=1S/C45H33N3S/c1-6-16-34(17-7-1)35-26-28-37(29-27-35)44-46-43(36-18-8-2-9-19-36)47-45(48-44)38-30-32-42(33-31-38)49(39-20-10-3-11-21-39,40-22-12-4-13-23-40)41-24-14-5-15-25-41/h1-33H. The van der Waals surface area contributed by atoms with Gasteiger partial charge in [0.25, 0.3) is 0 Å². The molecular formula is C45H33N3S. The largest absolute Gasteiger partial charge is 0.208 e. The zero-order chi connectivity index (χ0) is 32.9. The third-order valence-electron chi connectivity index (χ3n) is 8.67. The van der Waals surface area contributed by atoms with Crippen molar-refractivity contribution in [1.29, 1.82) is 0 Å². The zero-order valence-electron chi connectivity index (χ0n) is 26.8. The predicted octanol–water partition coefficient (Wildman–Crippen LogP) is 11.9. The topological polar surface area (TPSA) is 38.7 Å². The first-order chi connectivity index (χ1) is 24.3. The van der Waals surface area contributed by atoms with E-state index in [1.807, 2.05) is 36.4 Å². The first-order valence-electron chi connectivity index (χ1n) is 16.4. The van der Waals surface area contributed by atoms with E-state index in [-0.39, 0.29) is 0 Å². The molecule has 0 amide bonds. The van der Waals surface area contributed by atoms with Gasteiger partial charge in [-0.05, 0) is 59.7 Å². The average molecular weight is 648 g/mol. The molecule has 0 aliphatic heterocycles. The number of hydrogen-bond donors (Lipinski definition) is 0. The van der Waals surface area contributed by atoms with E-state index >= 15 is 0 Å². The molecule has 234 valence electrons. The molecule has 0 bridgehead atoms. The van der Waals surface area contributed by atoms with E-state index in [1.165, 1.54) is 25.1 Å². The minimum absolute atomic E-state index is 0.641. The predicted molar refractivity (Wildman–Crippen MR) is 202 cm³/mol. The van der Waals surface area contributed by atoms with Gasteiger partial charge in [-0.3, -0.25) is 0 Å². The van der Waals surface area contributed by atoms with Crippen molar-refractivity contribution in [3.63, 3.8) is 0 Å². The van der Waals surface area contributed by atoms with Crippen LogP contribution >= 0.6 is 10.0 Å². The average Bonchev–Trinajstić information content (AvgIpc) is 3.20. The Kier molecular flexibility index (Phi) is 8.37. The van der Waals surface area contributed by atoms with Crippen LogP contribution in [0.25, 0.3) is 45.3 Å². The van der Waals surface area contributed by atoms with Gasteiger partial charge in [0.1, 0.15) is 0 Å². The van der Waals surface area contributed by atoms with Crippen LogP contribution in [0.5, 0.6) is 0 Å². The lowest BCUT2D eigenvalue weighted by Gasteiger charge is -2.42. The second-order valence-electron chi connectivity index (χ2n) is 11.7. The summed E-state index contributed by atoms with van der Waals surface area (Å²) in [4.78, 5) is 20.1. The van der Waals surface area contributed by atoms with Crippen LogP contribution in [0.15, 0.2) is 220 Å². The van der Waals surface area contributed by atoms with E-state index in [4.69, 9.17) is 15.0 Å². The molecule has 0 saturated heterocycles. The van der Waals surface area contributed by atoms with Crippen LogP contribution in [-0.2, 0) is 0 Å². The summed E-state index contributed by atoms with van der Waals surface area (Å²) in [6.07, 6.45) is 0. The first-order valence-corrected chi connectivity index (χ1v) is 18.0. The van der Waals surface area contributed by atoms with Crippen LogP contribution in [0.3, 0.4) is 0 Å². The Balaban J connectivity index is 1.26. The Labute approximate surface area is 289 Å². The first kappa shape index (κ1) is 30.2. The molecule has 7 aromatic carbocycles. The van der Waals surface area contributed by atoms with Crippen LogP contribution in [0.4, 0.5) is 0 Å². The highest BCUT2D eigenvalue weighted by Gasteiger charge is 2.33. The van der Waals surface area contributed by atoms with Crippen molar-refractivity contribution in [1.82, 2.24) is 15.0 Å². The van der Waals surface area contributed by atoms with Crippen LogP contribution in [0, 0.1) is 0 Å². The molecule has 1 heterocycles. The van der Waals surface area contributed by atoms with Crippen molar-refractivity contribution >= 4 is 10.0 Å². The van der Waals surface area contributed by atoms with Crippen molar-refractivity contribution in [2.75, 3.05) is 0 Å². The summed E-state index contributed by atoms with van der Waals surface area (Å²) >= 11 is 0. The van der Waals surface area contributed by atoms with E-state index in [0.717, 1.165) is 22.3 Å². The molecule has 0 atom stereocenters. The number of nitrogens with zero attached hydrogens (tertiary/aromatic N) is 3. The molecule has 0 spiro atoms. The highest BCUT2D eigenvalue weighted by molar-refractivity contribution is 8.34. The van der Waals surface area contributed by atoms with Gasteiger partial charge >= 0.3 is 0 Å². The van der Waals surface area contributed by atoms with Crippen LogP contribution < -0.4 is 0 Å². The molecule has 0 saturated carbocycles. The fourth-order valence-corrected chi connectivity index (χ4v) is 10.2. The fraction of sp³-hybridized carbons (Fsp3) is 0. The Hall–Kier alpha value is -6.10. The maximum atomic E-state index is 5.05. The SMILES string of the molecule is c1ccc(-c2ccc(-c3nc(-c4ccccc4)nc(-c4ccc(S(c5ccccc5)(c5ccccc5)c5ccccc5)cc4)n3)cc2)cc1. The van der Waals surface area contributed by atoms with Gasteiger partial charge in [-0.2, -0.15) is 0 Å². The minimum Gasteiger partial charge on any atom is -0.208 e. The van der Waals surface area contributed by atoms with Gasteiger partial charge in [-0.15, -0.1) is 10.0 Å². The molecule has 0 aliphatic rings. The lowest BCUT2D eigenvalue weighted by atomic mass is 10.0. The van der Waals surface area contributed by atoms with E-state index in [9.17, 15) is 0 Å². The van der Waals surface area contributed by atoms with Gasteiger partial charge < -0.3 is 0 Å². The van der Waals surface area contributed by atoms with Crippen LogP contribution in [0.1, 0.15) is 0 Å². The van der Waals surface area contributed by atoms with E-state index < -0.39 is 10.0 Å². The van der Waals surface area contributed by atoms with E-state index in [1.54, 1.807) is 0 Å². The van der Waals surface area contributed by atoms with E-state index in [0.29, 0.717) is 17.5 Å². The summed E-state index contributed by atoms with van der Waals surface area (Å²) in [6.45, 7) is 0. The van der Waals surface area contributed by atoms with Gasteiger partial charge in [0.15, 0.2) is 17.5 Å². The number of rotatable bonds is 8. The van der Waals surface area contributed by atoms with Crippen molar-refractivity contribution in [3.05, 3.63) is 200 Å². The summed E-state index contributed by atoms with van der Waals surface area (Å²) in [7, 11) is -1.79. The maximum Gasteiger partial charge on any atom is 0.164 e. The summed E-state index contributed by atoms with van der Waals surface area (Å²) < 4.78 is 0. The molecule has 0 radical (unpaired) electrons. The second kappa shape index (κ2) is 13.6. The second-order valence-corrected chi connectivity index (χ2v) is 14.8. The maximum absolute atomic E-state index is 5.05. The Morgan fingerprint density at radius 3 is 0.857 bits per heavy atom. The van der Waals surface area contributed by atoms with Gasteiger partial charge in [-0.1, -0.05) is 152 Å². The monoisotopic (exact) mass is 647 g/mol. The summed E-state index contributed by atoms with van der Waals surface area (Å²) in [5, 5.41) is 0. The van der Waals surface area contributed by atoms with Gasteiger partial charge in [0.05, 0.1) is 0 Å². The fourth-order valence-electron chi connectivity index (χ4n) is 6.29. The van der Waals surface area contributed by atoms with Crippen molar-refractivity contribution < 1.29 is 0 Å². The highest BCUT2D eigenvalue weighted by Crippen LogP contribution is 2.73. The molecule has 8 aromatic rings. The summed E-state index contributed by atoms with van der Waals surface area (Å²) in [6, 6.07) is 70.5. The van der Waals surface area contributed by atoms with Gasteiger partial charge in [0, 0.05) is 36.3 Å². The lowest BCUT2D eigenvalue weighted by Crippen LogP contribution is -2.05. The van der Waals surface area contributed by atoms with Crippen molar-refractivity contribution in [3.8, 4) is 45.3 Å². The van der Waals surface area contributed by atoms with Crippen LogP contribution in [0.2, 0.25) is 0 Å². The molecule has 0 N–H and O–H groups in total. The number of benzene rings is 7. The normalized spacial score (nSPS) is 11.6. The van der Waals surface area contributed by atoms with Crippen molar-refractivity contribution in [2.24, 2.45) is 0 Å². The zero-order valence-corrected chi connectivity index (χ0v) is 27.6. The quantitative estimate of drug-likeness (QED) is 0.165. The smallest absolute Gasteiger partial charge is 0.164 e. The van der Waals surface area contributed by atoms with E-state index in [2.05, 4.69) is 164 Å². The number of aromatic nitrogens is 3. The molecule has 1 aromatic heterocycles. The molecule has 8 rings (SSSR count). The third kappa shape index (κ3) is 5.95. The molecular weight excluding hydrogens is 615 g/mol. The molecule has 3 nitrogen and oxygen atoms in total. The Bertz CT molecular complexity index is 2180. The summed E-state index contributed by atoms with van der Waals surface area (Å²) in [5.74, 6) is 1.93. The minimum atomic E-state index is -1.79. The molecule has 0 unspecified atom stereocenters. The molecule has 0 fully saturated rings. The lowest BCUT2D eigenvalue weighted by molar-refractivity contribution is 1.07. The Morgan fingerprint density at radius 2 is 0.469 bits per heavy atom. The Morgan fingerprint density at radius 1 is 0.224 bits per heavy atom. The van der Waals surface area contributed by atoms with Crippen molar-refractivity contribution in [2.45, 2.75) is 19.6 Å². The molecule has 49 heavy (non-hydrogen) atoms.